The van der Waals surface area contributed by atoms with E-state index in [2.05, 4.69) is 16.7 Å². The van der Waals surface area contributed by atoms with Gasteiger partial charge in [-0.25, -0.2) is 4.99 Å². The smallest absolute Gasteiger partial charge is 0.258 e. The van der Waals surface area contributed by atoms with Crippen LogP contribution in [0.4, 0.5) is 13.2 Å². The fraction of sp³-hybridized carbons (Fsp3) is 0.667. The first-order valence-corrected chi connectivity index (χ1v) is 2.95. The van der Waals surface area contributed by atoms with E-state index in [1.165, 1.54) is 6.92 Å². The van der Waals surface area contributed by atoms with Crippen molar-refractivity contribution in [1.29, 1.82) is 0 Å². The molecule has 0 saturated carbocycles. The number of halogens is 3. The van der Waals surface area contributed by atoms with E-state index in [0.29, 0.717) is 0 Å². The molecule has 2 nitrogen and oxygen atoms in total. The fourth-order valence-corrected chi connectivity index (χ4v) is 0.394. The molecule has 1 atom stereocenters. The quantitative estimate of drug-likeness (QED) is 0.420. The summed E-state index contributed by atoms with van der Waals surface area (Å²) in [4.78, 5) is 6.47. The highest BCUT2D eigenvalue weighted by molar-refractivity contribution is 5.83. The minimum Gasteiger partial charge on any atom is -0.258 e. The van der Waals surface area contributed by atoms with Gasteiger partial charge in [0.2, 0.25) is 0 Å². The molecule has 0 aromatic heterocycles. The van der Waals surface area contributed by atoms with Gasteiger partial charge in [-0.2, -0.15) is 13.2 Å². The zero-order valence-corrected chi connectivity index (χ0v) is 6.31. The summed E-state index contributed by atoms with van der Waals surface area (Å²) in [6.45, 7) is 5.38. The van der Waals surface area contributed by atoms with E-state index in [9.17, 15) is 13.2 Å². The van der Waals surface area contributed by atoms with Crippen LogP contribution in [0.25, 0.3) is 0 Å². The molecule has 0 amide bonds. The summed E-state index contributed by atoms with van der Waals surface area (Å²) in [7, 11) is 0. The molecule has 0 aliphatic rings. The summed E-state index contributed by atoms with van der Waals surface area (Å²) >= 11 is 0. The van der Waals surface area contributed by atoms with Gasteiger partial charge in [0, 0.05) is 0 Å². The highest BCUT2D eigenvalue weighted by Gasteiger charge is 2.35. The summed E-state index contributed by atoms with van der Waals surface area (Å²) in [5.74, 6) is 0.0508. The molecule has 0 aromatic rings. The number of alkyl halides is 3. The molecule has 0 aliphatic heterocycles. The van der Waals surface area contributed by atoms with Crippen LogP contribution in [0.3, 0.4) is 0 Å². The van der Waals surface area contributed by atoms with Crippen molar-refractivity contribution in [3.63, 3.8) is 0 Å². The Hall–Kier alpha value is -0.870. The topological polar surface area (TPSA) is 24.7 Å². The van der Waals surface area contributed by atoms with Crippen molar-refractivity contribution in [2.24, 2.45) is 9.98 Å². The minimum absolute atomic E-state index is 0.0508. The lowest BCUT2D eigenvalue weighted by Gasteiger charge is -2.10. The zero-order chi connectivity index (χ0) is 9.07. The molecule has 0 bridgehead atoms. The Kier molecular flexibility index (Phi) is 3.22. The molecule has 0 N–H and O–H groups in total. The van der Waals surface area contributed by atoms with Crippen LogP contribution in [0.2, 0.25) is 0 Å². The molecule has 0 radical (unpaired) electrons. The number of amidine groups is 1. The van der Waals surface area contributed by atoms with Crippen LogP contribution in [0.15, 0.2) is 9.98 Å². The van der Waals surface area contributed by atoms with Crippen molar-refractivity contribution in [2.75, 3.05) is 0 Å². The molecule has 0 aliphatic carbocycles. The van der Waals surface area contributed by atoms with Crippen molar-refractivity contribution < 1.29 is 13.2 Å². The Labute approximate surface area is 62.9 Å². The summed E-state index contributed by atoms with van der Waals surface area (Å²) in [5.41, 5.74) is 0. The van der Waals surface area contributed by atoms with Gasteiger partial charge in [0.05, 0.1) is 0 Å². The van der Waals surface area contributed by atoms with E-state index < -0.39 is 12.2 Å². The number of aliphatic imine (C=N–C) groups is 2. The molecule has 1 unspecified atom stereocenters. The predicted octanol–water partition coefficient (Wildman–Crippen LogP) is 2.06. The molecular formula is C6H9F3N2. The van der Waals surface area contributed by atoms with Crippen LogP contribution in [0, 0.1) is 0 Å². The van der Waals surface area contributed by atoms with Gasteiger partial charge in [-0.3, -0.25) is 4.99 Å². The molecule has 0 fully saturated rings. The summed E-state index contributed by atoms with van der Waals surface area (Å²) in [6.07, 6.45) is -4.29. The molecule has 0 saturated heterocycles. The standard InChI is InChI=1S/C6H9F3N2/c1-4(6(7,8)9)11-5(2)10-3/h4H,3H2,1-2H3/b11-5-. The van der Waals surface area contributed by atoms with Crippen LogP contribution in [-0.4, -0.2) is 24.8 Å². The average molecular weight is 166 g/mol. The summed E-state index contributed by atoms with van der Waals surface area (Å²) < 4.78 is 35.3. The maximum absolute atomic E-state index is 11.8. The van der Waals surface area contributed by atoms with Crippen LogP contribution in [0.5, 0.6) is 0 Å². The summed E-state index contributed by atoms with van der Waals surface area (Å²) in [6, 6.07) is -1.70. The number of nitrogens with zero attached hydrogens (tertiary/aromatic N) is 2. The highest BCUT2D eigenvalue weighted by Crippen LogP contribution is 2.22. The second-order valence-corrected chi connectivity index (χ2v) is 2.05. The van der Waals surface area contributed by atoms with Crippen LogP contribution in [-0.2, 0) is 0 Å². The van der Waals surface area contributed by atoms with Crippen molar-refractivity contribution in [3.8, 4) is 0 Å². The van der Waals surface area contributed by atoms with Gasteiger partial charge in [0.25, 0.3) is 0 Å². The maximum Gasteiger partial charge on any atom is 0.410 e. The van der Waals surface area contributed by atoms with Gasteiger partial charge in [-0.1, -0.05) is 0 Å². The first kappa shape index (κ1) is 10.1. The Morgan fingerprint density at radius 3 is 2.18 bits per heavy atom. The molecule has 0 spiro atoms. The highest BCUT2D eigenvalue weighted by atomic mass is 19.4. The molecule has 11 heavy (non-hydrogen) atoms. The Morgan fingerprint density at radius 1 is 1.45 bits per heavy atom. The third-order valence-electron chi connectivity index (χ3n) is 1.08. The molecule has 0 aromatic carbocycles. The Morgan fingerprint density at radius 2 is 1.91 bits per heavy atom. The van der Waals surface area contributed by atoms with Gasteiger partial charge >= 0.3 is 6.18 Å². The van der Waals surface area contributed by atoms with Crippen molar-refractivity contribution in [3.05, 3.63) is 0 Å². The average Bonchev–Trinajstić information content (AvgIpc) is 1.85. The van der Waals surface area contributed by atoms with Crippen molar-refractivity contribution >= 4 is 12.6 Å². The fourth-order valence-electron chi connectivity index (χ4n) is 0.394. The normalized spacial score (nSPS) is 16.3. The molecule has 64 valence electrons. The van der Waals surface area contributed by atoms with E-state index >= 15 is 0 Å². The first-order valence-electron chi connectivity index (χ1n) is 2.95. The van der Waals surface area contributed by atoms with Gasteiger partial charge in [0.1, 0.15) is 11.9 Å². The second kappa shape index (κ2) is 3.50. The molecule has 5 heteroatoms. The van der Waals surface area contributed by atoms with Crippen LogP contribution in [0.1, 0.15) is 13.8 Å². The lowest BCUT2D eigenvalue weighted by Crippen LogP contribution is -2.24. The monoisotopic (exact) mass is 166 g/mol. The molecular weight excluding hydrogens is 157 g/mol. The van der Waals surface area contributed by atoms with Crippen LogP contribution < -0.4 is 0 Å². The van der Waals surface area contributed by atoms with E-state index in [4.69, 9.17) is 0 Å². The third kappa shape index (κ3) is 3.75. The predicted molar refractivity (Wildman–Crippen MR) is 38.2 cm³/mol. The molecule has 0 rings (SSSR count). The maximum atomic E-state index is 11.8. The van der Waals surface area contributed by atoms with E-state index in [1.807, 2.05) is 0 Å². The number of rotatable bonds is 1. The van der Waals surface area contributed by atoms with Crippen molar-refractivity contribution in [2.45, 2.75) is 26.1 Å². The summed E-state index contributed by atoms with van der Waals surface area (Å²) in [5, 5.41) is 0. The van der Waals surface area contributed by atoms with E-state index in [1.54, 1.807) is 0 Å². The van der Waals surface area contributed by atoms with Gasteiger partial charge < -0.3 is 0 Å². The lowest BCUT2D eigenvalue weighted by molar-refractivity contribution is -0.142. The van der Waals surface area contributed by atoms with Gasteiger partial charge in [0.15, 0.2) is 0 Å². The number of hydrogen-bond acceptors (Lipinski definition) is 1. The largest absolute Gasteiger partial charge is 0.410 e. The zero-order valence-electron chi connectivity index (χ0n) is 6.31. The first-order chi connectivity index (χ1) is 4.88. The lowest BCUT2D eigenvalue weighted by atomic mass is 10.3. The Balaban J connectivity index is 4.28. The third-order valence-corrected chi connectivity index (χ3v) is 1.08. The van der Waals surface area contributed by atoms with Crippen LogP contribution >= 0.6 is 0 Å². The molecule has 0 heterocycles. The van der Waals surface area contributed by atoms with E-state index in [-0.39, 0.29) is 5.84 Å². The minimum atomic E-state index is -4.29. The van der Waals surface area contributed by atoms with E-state index in [0.717, 1.165) is 6.92 Å². The van der Waals surface area contributed by atoms with Gasteiger partial charge in [-0.05, 0) is 20.6 Å². The Bertz CT molecular complexity index is 171. The second-order valence-electron chi connectivity index (χ2n) is 2.05. The number of hydrogen-bond donors (Lipinski definition) is 0. The van der Waals surface area contributed by atoms with Gasteiger partial charge in [-0.15, -0.1) is 0 Å². The SMILES string of the molecule is C=N/C(C)=N\C(C)C(F)(F)F. The van der Waals surface area contributed by atoms with Crippen molar-refractivity contribution in [1.82, 2.24) is 0 Å².